The average molecular weight is 172 g/mol. The van der Waals surface area contributed by atoms with Gasteiger partial charge in [0.2, 0.25) is 0 Å². The summed E-state index contributed by atoms with van der Waals surface area (Å²) in [6.07, 6.45) is 3.71. The molecule has 0 saturated carbocycles. The van der Waals surface area contributed by atoms with Gasteiger partial charge < -0.3 is 5.11 Å². The van der Waals surface area contributed by atoms with Crippen LogP contribution in [-0.2, 0) is 4.79 Å². The quantitative estimate of drug-likeness (QED) is 0.668. The van der Waals surface area contributed by atoms with Crippen LogP contribution in [0.25, 0.3) is 0 Å². The molecule has 0 radical (unpaired) electrons. The van der Waals surface area contributed by atoms with Crippen molar-refractivity contribution in [3.8, 4) is 0 Å². The molecule has 0 unspecified atom stereocenters. The number of carboxylic acid groups (broad SMARTS) is 1. The third kappa shape index (κ3) is 6.20. The zero-order chi connectivity index (χ0) is 9.56. The Kier molecular flexibility index (Phi) is 5.77. The minimum Gasteiger partial charge on any atom is -0.481 e. The van der Waals surface area contributed by atoms with E-state index < -0.39 is 5.97 Å². The molecule has 0 fully saturated rings. The predicted molar refractivity (Wildman–Crippen MR) is 50.1 cm³/mol. The minimum atomic E-state index is -0.674. The fraction of sp³-hybridized carbons (Fsp3) is 0.900. The Hall–Kier alpha value is -0.530. The van der Waals surface area contributed by atoms with E-state index >= 15 is 0 Å². The van der Waals surface area contributed by atoms with E-state index in [2.05, 4.69) is 13.8 Å². The van der Waals surface area contributed by atoms with Crippen LogP contribution in [0.1, 0.15) is 46.5 Å². The van der Waals surface area contributed by atoms with Crippen LogP contribution in [0.3, 0.4) is 0 Å². The maximum absolute atomic E-state index is 10.3. The van der Waals surface area contributed by atoms with Crippen LogP contribution in [0.2, 0.25) is 0 Å². The summed E-state index contributed by atoms with van der Waals surface area (Å²) >= 11 is 0. The highest BCUT2D eigenvalue weighted by Gasteiger charge is 2.08. The molecule has 2 heteroatoms. The van der Waals surface area contributed by atoms with Gasteiger partial charge in [0.25, 0.3) is 0 Å². The molecule has 2 nitrogen and oxygen atoms in total. The van der Waals surface area contributed by atoms with Gasteiger partial charge in [0.15, 0.2) is 0 Å². The van der Waals surface area contributed by atoms with Gasteiger partial charge in [-0.1, -0.05) is 33.6 Å². The van der Waals surface area contributed by atoms with Crippen molar-refractivity contribution >= 4 is 5.97 Å². The van der Waals surface area contributed by atoms with Crippen LogP contribution in [0.5, 0.6) is 0 Å². The zero-order valence-electron chi connectivity index (χ0n) is 8.34. The van der Waals surface area contributed by atoms with Crippen LogP contribution >= 0.6 is 0 Å². The molecule has 0 aliphatic carbocycles. The Morgan fingerprint density at radius 1 is 1.25 bits per heavy atom. The second kappa shape index (κ2) is 6.04. The Morgan fingerprint density at radius 2 is 1.75 bits per heavy atom. The van der Waals surface area contributed by atoms with Gasteiger partial charge in [-0.3, -0.25) is 4.79 Å². The molecule has 0 spiro atoms. The summed E-state index contributed by atoms with van der Waals surface area (Å²) in [4.78, 5) is 10.3. The molecule has 0 amide bonds. The molecule has 0 bridgehead atoms. The molecule has 0 aromatic carbocycles. The van der Waals surface area contributed by atoms with Gasteiger partial charge in [-0.25, -0.2) is 0 Å². The van der Waals surface area contributed by atoms with Crippen molar-refractivity contribution in [1.82, 2.24) is 0 Å². The molecular formula is C10H20O2. The molecule has 0 saturated heterocycles. The van der Waals surface area contributed by atoms with E-state index in [0.717, 1.165) is 18.8 Å². The normalized spacial score (nSPS) is 15.6. The fourth-order valence-corrected chi connectivity index (χ4v) is 1.17. The molecule has 0 aromatic rings. The zero-order valence-corrected chi connectivity index (χ0v) is 8.34. The minimum absolute atomic E-state index is 0.316. The number of aliphatic carboxylic acids is 1. The Balaban J connectivity index is 3.43. The van der Waals surface area contributed by atoms with Gasteiger partial charge in [0.05, 0.1) is 0 Å². The van der Waals surface area contributed by atoms with Gasteiger partial charge in [-0.15, -0.1) is 0 Å². The number of carboxylic acids is 1. The first-order valence-electron chi connectivity index (χ1n) is 4.78. The summed E-state index contributed by atoms with van der Waals surface area (Å²) in [5.74, 6) is 0.393. The largest absolute Gasteiger partial charge is 0.481 e. The van der Waals surface area contributed by atoms with E-state index in [1.807, 2.05) is 6.92 Å². The first kappa shape index (κ1) is 11.5. The summed E-state index contributed by atoms with van der Waals surface area (Å²) in [7, 11) is 0. The third-order valence-electron chi connectivity index (χ3n) is 2.37. The van der Waals surface area contributed by atoms with E-state index in [4.69, 9.17) is 5.11 Å². The third-order valence-corrected chi connectivity index (χ3v) is 2.37. The molecule has 0 rings (SSSR count). The lowest BCUT2D eigenvalue weighted by Crippen LogP contribution is -2.05. The summed E-state index contributed by atoms with van der Waals surface area (Å²) in [6.45, 7) is 6.40. The van der Waals surface area contributed by atoms with Crippen molar-refractivity contribution in [2.75, 3.05) is 0 Å². The highest BCUT2D eigenvalue weighted by molar-refractivity contribution is 5.66. The summed E-state index contributed by atoms with van der Waals surface area (Å²) in [5.41, 5.74) is 0. The van der Waals surface area contributed by atoms with Gasteiger partial charge in [0.1, 0.15) is 0 Å². The van der Waals surface area contributed by atoms with Gasteiger partial charge in [0, 0.05) is 6.42 Å². The van der Waals surface area contributed by atoms with Crippen LogP contribution in [0.15, 0.2) is 0 Å². The number of rotatable bonds is 6. The van der Waals surface area contributed by atoms with Crippen molar-refractivity contribution < 1.29 is 9.90 Å². The van der Waals surface area contributed by atoms with Crippen molar-refractivity contribution in [3.63, 3.8) is 0 Å². The fourth-order valence-electron chi connectivity index (χ4n) is 1.17. The lowest BCUT2D eigenvalue weighted by atomic mass is 9.95. The van der Waals surface area contributed by atoms with E-state index in [9.17, 15) is 4.79 Å². The van der Waals surface area contributed by atoms with Crippen molar-refractivity contribution in [2.45, 2.75) is 46.5 Å². The summed E-state index contributed by atoms with van der Waals surface area (Å²) in [5, 5.41) is 8.51. The Labute approximate surface area is 75.0 Å². The van der Waals surface area contributed by atoms with Gasteiger partial charge >= 0.3 is 5.97 Å². The van der Waals surface area contributed by atoms with Crippen molar-refractivity contribution in [3.05, 3.63) is 0 Å². The van der Waals surface area contributed by atoms with Crippen molar-refractivity contribution in [2.24, 2.45) is 11.8 Å². The van der Waals surface area contributed by atoms with E-state index in [1.54, 1.807) is 0 Å². The van der Waals surface area contributed by atoms with E-state index in [-0.39, 0.29) is 0 Å². The lowest BCUT2D eigenvalue weighted by molar-refractivity contribution is -0.138. The second-order valence-electron chi connectivity index (χ2n) is 3.79. The summed E-state index contributed by atoms with van der Waals surface area (Å²) in [6, 6.07) is 0. The second-order valence-corrected chi connectivity index (χ2v) is 3.79. The molecule has 0 aliphatic rings. The molecule has 72 valence electrons. The number of hydrogen-bond acceptors (Lipinski definition) is 1. The highest BCUT2D eigenvalue weighted by atomic mass is 16.4. The Morgan fingerprint density at radius 3 is 2.17 bits per heavy atom. The first-order valence-corrected chi connectivity index (χ1v) is 4.78. The molecular weight excluding hydrogens is 152 g/mol. The summed E-state index contributed by atoms with van der Waals surface area (Å²) < 4.78 is 0. The number of carbonyl (C=O) groups is 1. The van der Waals surface area contributed by atoms with Crippen LogP contribution < -0.4 is 0 Å². The molecule has 12 heavy (non-hydrogen) atoms. The molecule has 0 aliphatic heterocycles. The van der Waals surface area contributed by atoms with Crippen LogP contribution in [0, 0.1) is 11.8 Å². The molecule has 0 aromatic heterocycles. The first-order chi connectivity index (χ1) is 5.56. The Bertz CT molecular complexity index is 132. The monoisotopic (exact) mass is 172 g/mol. The van der Waals surface area contributed by atoms with E-state index in [1.165, 1.54) is 6.42 Å². The van der Waals surface area contributed by atoms with Crippen LogP contribution in [-0.4, -0.2) is 11.1 Å². The van der Waals surface area contributed by atoms with E-state index in [0.29, 0.717) is 12.3 Å². The topological polar surface area (TPSA) is 37.3 Å². The van der Waals surface area contributed by atoms with Crippen LogP contribution in [0.4, 0.5) is 0 Å². The smallest absolute Gasteiger partial charge is 0.303 e. The molecule has 0 heterocycles. The molecule has 2 atom stereocenters. The highest BCUT2D eigenvalue weighted by Crippen LogP contribution is 2.16. The average Bonchev–Trinajstić information content (AvgIpc) is 1.99. The molecule has 1 N–H and O–H groups in total. The maximum Gasteiger partial charge on any atom is 0.303 e. The SMILES string of the molecule is CC[C@@H](C)CC[C@H](C)CC(=O)O. The van der Waals surface area contributed by atoms with Gasteiger partial charge in [-0.2, -0.15) is 0 Å². The number of hydrogen-bond donors (Lipinski definition) is 1. The maximum atomic E-state index is 10.3. The predicted octanol–water partition coefficient (Wildman–Crippen LogP) is 2.92. The lowest BCUT2D eigenvalue weighted by Gasteiger charge is -2.11. The standard InChI is InChI=1S/C10H20O2/c1-4-8(2)5-6-9(3)7-10(11)12/h8-9H,4-7H2,1-3H3,(H,11,12)/t8-,9+/m1/s1. The van der Waals surface area contributed by atoms with Crippen molar-refractivity contribution in [1.29, 1.82) is 0 Å². The van der Waals surface area contributed by atoms with Gasteiger partial charge in [-0.05, 0) is 18.3 Å².